The smallest absolute Gasteiger partial charge is 0.275 e. The second-order valence-corrected chi connectivity index (χ2v) is 3.59. The maximum Gasteiger partial charge on any atom is 0.275 e. The molecule has 0 aliphatic heterocycles. The van der Waals surface area contributed by atoms with Crippen LogP contribution in [0, 0.1) is 0 Å². The fraction of sp³-hybridized carbons (Fsp3) is 0.0909. The Morgan fingerprint density at radius 1 is 1.28 bits per heavy atom. The molecule has 0 saturated heterocycles. The number of aliphatic carboxylic acids is 1. The van der Waals surface area contributed by atoms with Crippen LogP contribution in [0.3, 0.4) is 0 Å². The average Bonchev–Trinajstić information content (AvgIpc) is 2.32. The van der Waals surface area contributed by atoms with E-state index in [1.165, 1.54) is 12.1 Å². The predicted molar refractivity (Wildman–Crippen MR) is 59.5 cm³/mol. The molecule has 0 spiro atoms. The lowest BCUT2D eigenvalue weighted by Gasteiger charge is -2.09. The highest BCUT2D eigenvalue weighted by molar-refractivity contribution is 6.03. The van der Waals surface area contributed by atoms with Crippen molar-refractivity contribution in [1.29, 1.82) is 0 Å². The first-order chi connectivity index (χ1) is 8.50. The quantitative estimate of drug-likeness (QED) is 0.688. The van der Waals surface area contributed by atoms with Crippen molar-refractivity contribution in [3.63, 3.8) is 0 Å². The van der Waals surface area contributed by atoms with Gasteiger partial charge in [0.1, 0.15) is 0 Å². The molecule has 92 valence electrons. The van der Waals surface area contributed by atoms with E-state index in [4.69, 9.17) is 5.73 Å². The van der Waals surface area contributed by atoms with Crippen molar-refractivity contribution < 1.29 is 14.7 Å². The Morgan fingerprint density at radius 3 is 2.44 bits per heavy atom. The maximum absolute atomic E-state index is 11.9. The van der Waals surface area contributed by atoms with Crippen molar-refractivity contribution in [2.45, 2.75) is 6.54 Å². The van der Waals surface area contributed by atoms with Crippen LogP contribution in [0.1, 0.15) is 10.5 Å². The van der Waals surface area contributed by atoms with Crippen molar-refractivity contribution in [3.8, 4) is 0 Å². The Labute approximate surface area is 100 Å². The number of carbonyl (C=O) groups is 2. The predicted octanol–water partition coefficient (Wildman–Crippen LogP) is -1.75. The standard InChI is InChI=1S/C11H9N3O4/c12-10(17)9-6-3-1-2-4-7(6)11(18)14(13-9)5-8(15)16/h1-4H,5H2,(H2,12,17)(H,15,16)/p-1. The molecule has 2 aromatic rings. The van der Waals surface area contributed by atoms with Gasteiger partial charge in [0.15, 0.2) is 5.69 Å². The van der Waals surface area contributed by atoms with Gasteiger partial charge in [-0.3, -0.25) is 9.59 Å². The summed E-state index contributed by atoms with van der Waals surface area (Å²) in [6.07, 6.45) is 0. The maximum atomic E-state index is 11.9. The third kappa shape index (κ3) is 1.93. The minimum Gasteiger partial charge on any atom is -0.548 e. The van der Waals surface area contributed by atoms with Gasteiger partial charge in [0.25, 0.3) is 11.5 Å². The van der Waals surface area contributed by atoms with Crippen LogP contribution in [0.15, 0.2) is 29.1 Å². The lowest BCUT2D eigenvalue weighted by Crippen LogP contribution is -2.35. The van der Waals surface area contributed by atoms with Crippen molar-refractivity contribution in [1.82, 2.24) is 9.78 Å². The number of hydrogen-bond acceptors (Lipinski definition) is 5. The molecule has 0 atom stereocenters. The number of amides is 1. The van der Waals surface area contributed by atoms with Crippen molar-refractivity contribution in [3.05, 3.63) is 40.3 Å². The van der Waals surface area contributed by atoms with Crippen LogP contribution in [0.25, 0.3) is 10.8 Å². The second-order valence-electron chi connectivity index (χ2n) is 3.59. The molecular formula is C11H8N3O4-. The summed E-state index contributed by atoms with van der Waals surface area (Å²) in [5.74, 6) is -2.31. The number of carboxylic acid groups (broad SMARTS) is 1. The molecule has 7 nitrogen and oxygen atoms in total. The SMILES string of the molecule is NC(=O)c1nn(CC(=O)[O-])c(=O)c2ccccc12. The van der Waals surface area contributed by atoms with E-state index in [1.807, 2.05) is 0 Å². The fourth-order valence-corrected chi connectivity index (χ4v) is 1.65. The summed E-state index contributed by atoms with van der Waals surface area (Å²) in [5, 5.41) is 14.6. The van der Waals surface area contributed by atoms with Gasteiger partial charge in [-0.05, 0) is 6.07 Å². The molecule has 1 heterocycles. The van der Waals surface area contributed by atoms with Gasteiger partial charge in [-0.2, -0.15) is 5.10 Å². The van der Waals surface area contributed by atoms with E-state index in [9.17, 15) is 19.5 Å². The Bertz CT molecular complexity index is 705. The van der Waals surface area contributed by atoms with Crippen LogP contribution in [0.5, 0.6) is 0 Å². The van der Waals surface area contributed by atoms with E-state index in [0.717, 1.165) is 0 Å². The number of hydrogen-bond donors (Lipinski definition) is 1. The number of primary amides is 1. The molecule has 0 aliphatic rings. The van der Waals surface area contributed by atoms with Crippen LogP contribution in [0.4, 0.5) is 0 Å². The van der Waals surface area contributed by atoms with Crippen LogP contribution < -0.4 is 16.4 Å². The van der Waals surface area contributed by atoms with E-state index in [-0.39, 0.29) is 11.1 Å². The molecule has 7 heteroatoms. The van der Waals surface area contributed by atoms with Gasteiger partial charge in [0, 0.05) is 5.39 Å². The van der Waals surface area contributed by atoms with E-state index < -0.39 is 24.0 Å². The molecule has 0 fully saturated rings. The molecule has 18 heavy (non-hydrogen) atoms. The van der Waals surface area contributed by atoms with Crippen molar-refractivity contribution >= 4 is 22.6 Å². The first-order valence-corrected chi connectivity index (χ1v) is 5.00. The number of aromatic nitrogens is 2. The zero-order valence-corrected chi connectivity index (χ0v) is 9.12. The van der Waals surface area contributed by atoms with Gasteiger partial charge in [-0.1, -0.05) is 18.2 Å². The fourth-order valence-electron chi connectivity index (χ4n) is 1.65. The summed E-state index contributed by atoms with van der Waals surface area (Å²) >= 11 is 0. The molecule has 0 bridgehead atoms. The third-order valence-corrected chi connectivity index (χ3v) is 2.38. The minimum atomic E-state index is -1.48. The van der Waals surface area contributed by atoms with Gasteiger partial charge in [0.05, 0.1) is 17.9 Å². The van der Waals surface area contributed by atoms with Gasteiger partial charge in [-0.25, -0.2) is 4.68 Å². The Balaban J connectivity index is 2.83. The van der Waals surface area contributed by atoms with Crippen LogP contribution >= 0.6 is 0 Å². The average molecular weight is 246 g/mol. The van der Waals surface area contributed by atoms with Crippen molar-refractivity contribution in [2.75, 3.05) is 0 Å². The number of nitrogens with two attached hydrogens (primary N) is 1. The largest absolute Gasteiger partial charge is 0.548 e. The van der Waals surface area contributed by atoms with Crippen molar-refractivity contribution in [2.24, 2.45) is 5.73 Å². The van der Waals surface area contributed by atoms with E-state index in [1.54, 1.807) is 12.1 Å². The number of nitrogens with zero attached hydrogens (tertiary/aromatic N) is 2. The summed E-state index contributed by atoms with van der Waals surface area (Å²) in [6.45, 7) is -0.732. The van der Waals surface area contributed by atoms with Gasteiger partial charge >= 0.3 is 0 Å². The summed E-state index contributed by atoms with van der Waals surface area (Å²) < 4.78 is 0.651. The van der Waals surface area contributed by atoms with E-state index in [2.05, 4.69) is 5.10 Å². The first-order valence-electron chi connectivity index (χ1n) is 5.00. The normalized spacial score (nSPS) is 10.4. The third-order valence-electron chi connectivity index (χ3n) is 2.38. The molecule has 0 saturated carbocycles. The summed E-state index contributed by atoms with van der Waals surface area (Å²) in [4.78, 5) is 33.7. The lowest BCUT2D eigenvalue weighted by atomic mass is 10.1. The van der Waals surface area contributed by atoms with Gasteiger partial charge < -0.3 is 15.6 Å². The summed E-state index contributed by atoms with van der Waals surface area (Å²) in [5.41, 5.74) is 4.39. The van der Waals surface area contributed by atoms with Crippen LogP contribution in [-0.4, -0.2) is 21.7 Å². The molecule has 0 aliphatic carbocycles. The molecule has 1 amide bonds. The van der Waals surface area contributed by atoms with E-state index in [0.29, 0.717) is 10.1 Å². The molecule has 0 radical (unpaired) electrons. The van der Waals surface area contributed by atoms with Crippen LogP contribution in [0.2, 0.25) is 0 Å². The molecule has 2 N–H and O–H groups in total. The Kier molecular flexibility index (Phi) is 2.80. The summed E-state index contributed by atoms with van der Waals surface area (Å²) in [6, 6.07) is 6.21. The molecule has 1 aromatic carbocycles. The monoisotopic (exact) mass is 246 g/mol. The number of fused-ring (bicyclic) bond motifs is 1. The highest BCUT2D eigenvalue weighted by atomic mass is 16.4. The number of benzene rings is 1. The second kappa shape index (κ2) is 4.28. The zero-order chi connectivity index (χ0) is 13.3. The van der Waals surface area contributed by atoms with Gasteiger partial charge in [0.2, 0.25) is 0 Å². The van der Waals surface area contributed by atoms with E-state index >= 15 is 0 Å². The molecular weight excluding hydrogens is 238 g/mol. The molecule has 1 aromatic heterocycles. The van der Waals surface area contributed by atoms with Gasteiger partial charge in [-0.15, -0.1) is 0 Å². The lowest BCUT2D eigenvalue weighted by molar-refractivity contribution is -0.306. The number of carbonyl (C=O) groups excluding carboxylic acids is 2. The minimum absolute atomic E-state index is 0.147. The summed E-state index contributed by atoms with van der Waals surface area (Å²) in [7, 11) is 0. The Hall–Kier alpha value is -2.70. The highest BCUT2D eigenvalue weighted by Gasteiger charge is 2.13. The Morgan fingerprint density at radius 2 is 1.89 bits per heavy atom. The number of rotatable bonds is 3. The first kappa shape index (κ1) is 11.8. The van der Waals surface area contributed by atoms with Crippen LogP contribution in [-0.2, 0) is 11.3 Å². The zero-order valence-electron chi connectivity index (χ0n) is 9.12. The highest BCUT2D eigenvalue weighted by Crippen LogP contribution is 2.12. The molecule has 2 rings (SSSR count). The topological polar surface area (TPSA) is 118 Å². The molecule has 0 unspecified atom stereocenters. The number of carboxylic acids is 1.